The molecule has 0 saturated carbocycles. The van der Waals surface area contributed by atoms with Crippen LogP contribution in [0.1, 0.15) is 25.7 Å². The van der Waals surface area contributed by atoms with Crippen molar-refractivity contribution in [3.63, 3.8) is 0 Å². The Bertz CT molecular complexity index is 191. The van der Waals surface area contributed by atoms with Crippen LogP contribution in [0, 0.1) is 5.92 Å². The molecule has 13 heavy (non-hydrogen) atoms. The van der Waals surface area contributed by atoms with E-state index in [1.54, 1.807) is 0 Å². The minimum atomic E-state index is 0.914. The Balaban J connectivity index is 1.74. The van der Waals surface area contributed by atoms with Gasteiger partial charge in [-0.25, -0.2) is 0 Å². The summed E-state index contributed by atoms with van der Waals surface area (Å²) < 4.78 is 0.914. The van der Waals surface area contributed by atoms with Crippen LogP contribution in [-0.4, -0.2) is 28.5 Å². The van der Waals surface area contributed by atoms with Gasteiger partial charge in [0.25, 0.3) is 0 Å². The molecule has 2 atom stereocenters. The molecule has 1 saturated heterocycles. The van der Waals surface area contributed by atoms with Gasteiger partial charge < -0.3 is 4.90 Å². The van der Waals surface area contributed by atoms with Crippen LogP contribution in [0.5, 0.6) is 0 Å². The quantitative estimate of drug-likeness (QED) is 0.429. The topological polar surface area (TPSA) is 3.24 Å². The standard InChI is InChI=1S/C11H18IN/c12-11-6-7-13(9-11)8-10-4-2-1-3-5-10/h1-2,10-11H,3-9H2. The fourth-order valence-electron chi connectivity index (χ4n) is 2.34. The average molecular weight is 291 g/mol. The number of hydrogen-bond acceptors (Lipinski definition) is 1. The van der Waals surface area contributed by atoms with Crippen molar-refractivity contribution in [2.24, 2.45) is 5.92 Å². The molecule has 1 aliphatic carbocycles. The van der Waals surface area contributed by atoms with Crippen LogP contribution in [0.15, 0.2) is 12.2 Å². The molecule has 0 radical (unpaired) electrons. The molecule has 2 aliphatic rings. The second-order valence-electron chi connectivity index (χ2n) is 4.30. The van der Waals surface area contributed by atoms with Crippen LogP contribution in [0.3, 0.4) is 0 Å². The lowest BCUT2D eigenvalue weighted by atomic mass is 9.94. The Labute approximate surface area is 94.7 Å². The molecule has 1 aliphatic heterocycles. The van der Waals surface area contributed by atoms with Gasteiger partial charge in [0, 0.05) is 17.0 Å². The van der Waals surface area contributed by atoms with Crippen LogP contribution >= 0.6 is 22.6 Å². The van der Waals surface area contributed by atoms with Gasteiger partial charge in [-0.3, -0.25) is 0 Å². The van der Waals surface area contributed by atoms with Gasteiger partial charge in [0.05, 0.1) is 0 Å². The lowest BCUT2D eigenvalue weighted by molar-refractivity contribution is 0.267. The monoisotopic (exact) mass is 291 g/mol. The normalized spacial score (nSPS) is 35.5. The molecule has 0 aromatic rings. The fourth-order valence-corrected chi connectivity index (χ4v) is 3.17. The first kappa shape index (κ1) is 9.97. The molecule has 0 spiro atoms. The van der Waals surface area contributed by atoms with E-state index in [9.17, 15) is 0 Å². The number of likely N-dealkylation sites (tertiary alicyclic amines) is 1. The van der Waals surface area contributed by atoms with Gasteiger partial charge in [0.1, 0.15) is 0 Å². The molecule has 1 heterocycles. The molecule has 2 heteroatoms. The number of rotatable bonds is 2. The van der Waals surface area contributed by atoms with E-state index in [2.05, 4.69) is 39.6 Å². The highest BCUT2D eigenvalue weighted by atomic mass is 127. The van der Waals surface area contributed by atoms with E-state index in [1.807, 2.05) is 0 Å². The molecular weight excluding hydrogens is 273 g/mol. The second-order valence-corrected chi connectivity index (χ2v) is 6.06. The number of alkyl halides is 1. The molecular formula is C11H18IN. The van der Waals surface area contributed by atoms with Crippen LogP contribution in [-0.2, 0) is 0 Å². The van der Waals surface area contributed by atoms with Crippen molar-refractivity contribution in [3.8, 4) is 0 Å². The molecule has 2 rings (SSSR count). The van der Waals surface area contributed by atoms with Crippen molar-refractivity contribution in [1.82, 2.24) is 4.90 Å². The van der Waals surface area contributed by atoms with Crippen molar-refractivity contribution in [2.45, 2.75) is 29.6 Å². The highest BCUT2D eigenvalue weighted by molar-refractivity contribution is 14.1. The molecule has 0 amide bonds. The van der Waals surface area contributed by atoms with Crippen molar-refractivity contribution >= 4 is 22.6 Å². The van der Waals surface area contributed by atoms with Gasteiger partial charge >= 0.3 is 0 Å². The molecule has 0 N–H and O–H groups in total. The third-order valence-corrected chi connectivity index (χ3v) is 4.13. The van der Waals surface area contributed by atoms with E-state index in [4.69, 9.17) is 0 Å². The molecule has 0 aromatic carbocycles. The van der Waals surface area contributed by atoms with Crippen LogP contribution in [0.4, 0.5) is 0 Å². The van der Waals surface area contributed by atoms with Gasteiger partial charge in [0.15, 0.2) is 0 Å². The zero-order valence-electron chi connectivity index (χ0n) is 8.08. The van der Waals surface area contributed by atoms with E-state index in [0.717, 1.165) is 9.84 Å². The summed E-state index contributed by atoms with van der Waals surface area (Å²) in [7, 11) is 0. The summed E-state index contributed by atoms with van der Waals surface area (Å²) in [5.74, 6) is 0.951. The summed E-state index contributed by atoms with van der Waals surface area (Å²) in [5, 5.41) is 0. The predicted molar refractivity (Wildman–Crippen MR) is 65.3 cm³/mol. The number of hydrogen-bond donors (Lipinski definition) is 0. The molecule has 0 aromatic heterocycles. The second kappa shape index (κ2) is 4.78. The van der Waals surface area contributed by atoms with E-state index >= 15 is 0 Å². The lowest BCUT2D eigenvalue weighted by Gasteiger charge is -2.24. The lowest BCUT2D eigenvalue weighted by Crippen LogP contribution is -2.28. The SMILES string of the molecule is IC1CCN(CC2CC=CCC2)C1. The Kier molecular flexibility index (Phi) is 3.66. The minimum absolute atomic E-state index is 0.914. The maximum Gasteiger partial charge on any atom is 0.0249 e. The van der Waals surface area contributed by atoms with Crippen molar-refractivity contribution in [2.75, 3.05) is 19.6 Å². The van der Waals surface area contributed by atoms with Crippen LogP contribution in [0.25, 0.3) is 0 Å². The van der Waals surface area contributed by atoms with E-state index in [1.165, 1.54) is 45.3 Å². The van der Waals surface area contributed by atoms with Gasteiger partial charge in [-0.1, -0.05) is 34.7 Å². The van der Waals surface area contributed by atoms with Crippen LogP contribution < -0.4 is 0 Å². The highest BCUT2D eigenvalue weighted by Crippen LogP contribution is 2.23. The smallest absolute Gasteiger partial charge is 0.0249 e. The van der Waals surface area contributed by atoms with E-state index in [0.29, 0.717) is 0 Å². The summed E-state index contributed by atoms with van der Waals surface area (Å²) in [6, 6.07) is 0. The highest BCUT2D eigenvalue weighted by Gasteiger charge is 2.22. The molecule has 0 bridgehead atoms. The Morgan fingerprint density at radius 3 is 2.85 bits per heavy atom. The first-order valence-corrected chi connectivity index (χ1v) is 6.60. The van der Waals surface area contributed by atoms with E-state index < -0.39 is 0 Å². The average Bonchev–Trinajstić information content (AvgIpc) is 2.53. The maximum atomic E-state index is 2.65. The van der Waals surface area contributed by atoms with Gasteiger partial charge in [-0.05, 0) is 38.1 Å². The summed E-state index contributed by atoms with van der Waals surface area (Å²) in [5.41, 5.74) is 0. The van der Waals surface area contributed by atoms with E-state index in [-0.39, 0.29) is 0 Å². The Hall–Kier alpha value is 0.430. The number of allylic oxidation sites excluding steroid dienone is 2. The summed E-state index contributed by atoms with van der Waals surface area (Å²) in [6.45, 7) is 4.03. The number of nitrogens with zero attached hydrogens (tertiary/aromatic N) is 1. The minimum Gasteiger partial charge on any atom is -0.302 e. The molecule has 2 unspecified atom stereocenters. The molecule has 74 valence electrons. The molecule has 1 fully saturated rings. The Morgan fingerprint density at radius 1 is 1.31 bits per heavy atom. The van der Waals surface area contributed by atoms with Crippen molar-refractivity contribution < 1.29 is 0 Å². The molecule has 1 nitrogen and oxygen atoms in total. The van der Waals surface area contributed by atoms with Crippen molar-refractivity contribution in [1.29, 1.82) is 0 Å². The summed E-state index contributed by atoms with van der Waals surface area (Å²) in [4.78, 5) is 2.65. The van der Waals surface area contributed by atoms with Gasteiger partial charge in [-0.15, -0.1) is 0 Å². The Morgan fingerprint density at radius 2 is 2.23 bits per heavy atom. The first-order chi connectivity index (χ1) is 6.34. The maximum absolute atomic E-state index is 2.65. The van der Waals surface area contributed by atoms with Gasteiger partial charge in [-0.2, -0.15) is 0 Å². The van der Waals surface area contributed by atoms with Crippen LogP contribution in [0.2, 0.25) is 0 Å². The largest absolute Gasteiger partial charge is 0.302 e. The summed E-state index contributed by atoms with van der Waals surface area (Å²) >= 11 is 2.59. The predicted octanol–water partition coefficient (Wildman–Crippen LogP) is 2.85. The fraction of sp³-hybridized carbons (Fsp3) is 0.818. The zero-order valence-corrected chi connectivity index (χ0v) is 10.2. The number of halogens is 1. The van der Waals surface area contributed by atoms with Crippen molar-refractivity contribution in [3.05, 3.63) is 12.2 Å². The van der Waals surface area contributed by atoms with Gasteiger partial charge in [0.2, 0.25) is 0 Å². The first-order valence-electron chi connectivity index (χ1n) is 5.36. The third kappa shape index (κ3) is 2.94. The zero-order chi connectivity index (χ0) is 9.10. The summed E-state index contributed by atoms with van der Waals surface area (Å²) in [6.07, 6.45) is 10.2. The third-order valence-electron chi connectivity index (χ3n) is 3.11.